The number of nitrogens with zero attached hydrogens (tertiary/aromatic N) is 1. The minimum Gasteiger partial charge on any atom is -0.453 e. The Bertz CT molecular complexity index is 339. The van der Waals surface area contributed by atoms with E-state index in [0.717, 1.165) is 5.56 Å². The zero-order valence-electron chi connectivity index (χ0n) is 9.06. The third kappa shape index (κ3) is 3.16. The number of benzene rings is 1. The monoisotopic (exact) mass is 208 g/mol. The molecule has 1 aromatic rings. The lowest BCUT2D eigenvalue weighted by Crippen LogP contribution is -2.30. The van der Waals surface area contributed by atoms with Crippen LogP contribution in [0.15, 0.2) is 24.3 Å². The van der Waals surface area contributed by atoms with Crippen molar-refractivity contribution in [3.8, 4) is 0 Å². The minimum atomic E-state index is -0.320. The lowest BCUT2D eigenvalue weighted by Gasteiger charge is -2.19. The van der Waals surface area contributed by atoms with Crippen molar-refractivity contribution in [2.75, 3.05) is 19.4 Å². The summed E-state index contributed by atoms with van der Waals surface area (Å²) in [6, 6.07) is 7.47. The van der Waals surface area contributed by atoms with Gasteiger partial charge in [0.25, 0.3) is 0 Å². The number of methoxy groups -OCH3 is 1. The van der Waals surface area contributed by atoms with Gasteiger partial charge >= 0.3 is 6.09 Å². The molecule has 15 heavy (non-hydrogen) atoms. The second-order valence-electron chi connectivity index (χ2n) is 3.23. The summed E-state index contributed by atoms with van der Waals surface area (Å²) in [6.45, 7) is 3.04. The molecule has 0 saturated heterocycles. The van der Waals surface area contributed by atoms with Crippen molar-refractivity contribution >= 4 is 11.8 Å². The molecule has 0 aromatic heterocycles. The summed E-state index contributed by atoms with van der Waals surface area (Å²) in [5.74, 6) is 0. The normalized spacial score (nSPS) is 9.73. The number of amides is 1. The van der Waals surface area contributed by atoms with Crippen LogP contribution in [0, 0.1) is 0 Å². The molecule has 0 fully saturated rings. The number of nitrogen functional groups attached to an aromatic ring is 1. The molecular weight excluding hydrogens is 192 g/mol. The second kappa shape index (κ2) is 5.24. The molecule has 0 aliphatic carbocycles. The number of ether oxygens (including phenoxy) is 1. The Hall–Kier alpha value is -1.71. The fraction of sp³-hybridized carbons (Fsp3) is 0.364. The topological polar surface area (TPSA) is 55.6 Å². The van der Waals surface area contributed by atoms with Gasteiger partial charge in [0.1, 0.15) is 0 Å². The van der Waals surface area contributed by atoms with Crippen LogP contribution in [-0.4, -0.2) is 24.6 Å². The van der Waals surface area contributed by atoms with Crippen molar-refractivity contribution < 1.29 is 9.53 Å². The van der Waals surface area contributed by atoms with Gasteiger partial charge < -0.3 is 15.4 Å². The van der Waals surface area contributed by atoms with Gasteiger partial charge in [0.15, 0.2) is 0 Å². The van der Waals surface area contributed by atoms with E-state index in [0.29, 0.717) is 18.8 Å². The van der Waals surface area contributed by atoms with Crippen LogP contribution < -0.4 is 5.73 Å². The van der Waals surface area contributed by atoms with Gasteiger partial charge in [-0.2, -0.15) is 0 Å². The van der Waals surface area contributed by atoms with Crippen LogP contribution in [0.1, 0.15) is 12.5 Å². The molecule has 4 heteroatoms. The smallest absolute Gasteiger partial charge is 0.409 e. The molecule has 1 rings (SSSR count). The summed E-state index contributed by atoms with van der Waals surface area (Å²) in [5, 5.41) is 0. The van der Waals surface area contributed by atoms with E-state index in [1.165, 1.54) is 7.11 Å². The highest BCUT2D eigenvalue weighted by Crippen LogP contribution is 2.10. The minimum absolute atomic E-state index is 0.320. The maximum Gasteiger partial charge on any atom is 0.409 e. The van der Waals surface area contributed by atoms with E-state index in [9.17, 15) is 4.79 Å². The fourth-order valence-corrected chi connectivity index (χ4v) is 1.35. The summed E-state index contributed by atoms with van der Waals surface area (Å²) >= 11 is 0. The van der Waals surface area contributed by atoms with Crippen LogP contribution in [0.5, 0.6) is 0 Å². The van der Waals surface area contributed by atoms with E-state index in [2.05, 4.69) is 4.74 Å². The van der Waals surface area contributed by atoms with Gasteiger partial charge in [0.05, 0.1) is 7.11 Å². The number of anilines is 1. The third-order valence-corrected chi connectivity index (χ3v) is 2.14. The first kappa shape index (κ1) is 11.4. The van der Waals surface area contributed by atoms with Crippen LogP contribution in [0.25, 0.3) is 0 Å². The van der Waals surface area contributed by atoms with E-state index in [-0.39, 0.29) is 6.09 Å². The number of carbonyl (C=O) groups excluding carboxylic acids is 1. The molecule has 1 amide bonds. The second-order valence-corrected chi connectivity index (χ2v) is 3.23. The summed E-state index contributed by atoms with van der Waals surface area (Å²) in [7, 11) is 1.38. The van der Waals surface area contributed by atoms with Crippen LogP contribution in [0.3, 0.4) is 0 Å². The Balaban J connectivity index is 2.70. The average Bonchev–Trinajstić information content (AvgIpc) is 2.25. The molecule has 0 spiro atoms. The molecule has 0 saturated carbocycles. The zero-order valence-corrected chi connectivity index (χ0v) is 9.06. The van der Waals surface area contributed by atoms with Gasteiger partial charge in [-0.15, -0.1) is 0 Å². The van der Waals surface area contributed by atoms with Crippen LogP contribution in [0.4, 0.5) is 10.5 Å². The predicted molar refractivity (Wildman–Crippen MR) is 59.3 cm³/mol. The Kier molecular flexibility index (Phi) is 3.97. The Morgan fingerprint density at radius 3 is 2.80 bits per heavy atom. The van der Waals surface area contributed by atoms with Crippen molar-refractivity contribution in [2.24, 2.45) is 0 Å². The van der Waals surface area contributed by atoms with Crippen molar-refractivity contribution in [1.82, 2.24) is 4.90 Å². The molecule has 0 unspecified atom stereocenters. The fourth-order valence-electron chi connectivity index (χ4n) is 1.35. The van der Waals surface area contributed by atoms with Crippen molar-refractivity contribution in [3.05, 3.63) is 29.8 Å². The molecule has 0 aliphatic rings. The standard InChI is InChI=1S/C11H16N2O2/c1-3-13(11(14)15-2)8-9-5-4-6-10(12)7-9/h4-7H,3,8,12H2,1-2H3. The van der Waals surface area contributed by atoms with E-state index in [4.69, 9.17) is 5.73 Å². The lowest BCUT2D eigenvalue weighted by atomic mass is 10.2. The van der Waals surface area contributed by atoms with E-state index in [1.54, 1.807) is 4.90 Å². The first-order valence-electron chi connectivity index (χ1n) is 4.84. The highest BCUT2D eigenvalue weighted by atomic mass is 16.5. The first-order valence-corrected chi connectivity index (χ1v) is 4.84. The summed E-state index contributed by atoms with van der Waals surface area (Å²) in [6.07, 6.45) is -0.320. The number of hydrogen-bond acceptors (Lipinski definition) is 3. The Morgan fingerprint density at radius 1 is 1.53 bits per heavy atom. The molecule has 0 aliphatic heterocycles. The lowest BCUT2D eigenvalue weighted by molar-refractivity contribution is 0.123. The summed E-state index contributed by atoms with van der Waals surface area (Å²) in [5.41, 5.74) is 7.35. The molecule has 1 aromatic carbocycles. The first-order chi connectivity index (χ1) is 7.17. The maximum absolute atomic E-state index is 11.3. The summed E-state index contributed by atoms with van der Waals surface area (Å²) < 4.78 is 4.66. The quantitative estimate of drug-likeness (QED) is 0.771. The maximum atomic E-state index is 11.3. The van der Waals surface area contributed by atoms with Crippen molar-refractivity contribution in [1.29, 1.82) is 0 Å². The molecule has 0 radical (unpaired) electrons. The Labute approximate surface area is 89.6 Å². The highest BCUT2D eigenvalue weighted by Gasteiger charge is 2.11. The van der Waals surface area contributed by atoms with Crippen LogP contribution in [-0.2, 0) is 11.3 Å². The number of nitrogens with two attached hydrogens (primary N) is 1. The van der Waals surface area contributed by atoms with Gasteiger partial charge in [-0.1, -0.05) is 12.1 Å². The average molecular weight is 208 g/mol. The molecule has 4 nitrogen and oxygen atoms in total. The molecule has 2 N–H and O–H groups in total. The third-order valence-electron chi connectivity index (χ3n) is 2.14. The SMILES string of the molecule is CCN(Cc1cccc(N)c1)C(=O)OC. The van der Waals surface area contributed by atoms with Crippen LogP contribution >= 0.6 is 0 Å². The van der Waals surface area contributed by atoms with Gasteiger partial charge in [-0.3, -0.25) is 0 Å². The largest absolute Gasteiger partial charge is 0.453 e. The van der Waals surface area contributed by atoms with Gasteiger partial charge in [0.2, 0.25) is 0 Å². The number of hydrogen-bond donors (Lipinski definition) is 1. The Morgan fingerprint density at radius 2 is 2.27 bits per heavy atom. The predicted octanol–water partition coefficient (Wildman–Crippen LogP) is 1.86. The van der Waals surface area contributed by atoms with Crippen molar-refractivity contribution in [2.45, 2.75) is 13.5 Å². The zero-order chi connectivity index (χ0) is 11.3. The number of carbonyl (C=O) groups is 1. The van der Waals surface area contributed by atoms with Crippen molar-refractivity contribution in [3.63, 3.8) is 0 Å². The highest BCUT2D eigenvalue weighted by molar-refractivity contribution is 5.67. The molecule has 82 valence electrons. The van der Waals surface area contributed by atoms with Gasteiger partial charge in [-0.25, -0.2) is 4.79 Å². The molecule has 0 atom stereocenters. The number of rotatable bonds is 3. The van der Waals surface area contributed by atoms with Crippen LogP contribution in [0.2, 0.25) is 0 Å². The van der Waals surface area contributed by atoms with E-state index in [1.807, 2.05) is 31.2 Å². The molecule has 0 bridgehead atoms. The summed E-state index contributed by atoms with van der Waals surface area (Å²) in [4.78, 5) is 12.9. The van der Waals surface area contributed by atoms with E-state index < -0.39 is 0 Å². The van der Waals surface area contributed by atoms with E-state index >= 15 is 0 Å². The van der Waals surface area contributed by atoms with Gasteiger partial charge in [0, 0.05) is 18.8 Å². The molecule has 0 heterocycles. The molecular formula is C11H16N2O2. The van der Waals surface area contributed by atoms with Gasteiger partial charge in [-0.05, 0) is 24.6 Å².